The van der Waals surface area contributed by atoms with E-state index in [1.807, 2.05) is 37.3 Å². The van der Waals surface area contributed by atoms with Gasteiger partial charge >= 0.3 is 5.97 Å². The van der Waals surface area contributed by atoms with Crippen molar-refractivity contribution in [1.82, 2.24) is 4.98 Å². The van der Waals surface area contributed by atoms with Crippen LogP contribution in [0.3, 0.4) is 0 Å². The molecule has 116 valence electrons. The molecule has 6 heteroatoms. The van der Waals surface area contributed by atoms with Gasteiger partial charge in [-0.15, -0.1) is 11.3 Å². The summed E-state index contributed by atoms with van der Waals surface area (Å²) in [5.41, 5.74) is 1.55. The van der Waals surface area contributed by atoms with Crippen LogP contribution in [-0.4, -0.2) is 28.5 Å². The first-order valence-corrected chi connectivity index (χ1v) is 7.85. The Balaban J connectivity index is 2.12. The second kappa shape index (κ2) is 7.17. The van der Waals surface area contributed by atoms with Gasteiger partial charge in [-0.1, -0.05) is 18.2 Å². The van der Waals surface area contributed by atoms with Gasteiger partial charge in [0.25, 0.3) is 0 Å². The summed E-state index contributed by atoms with van der Waals surface area (Å²) in [4.78, 5) is 30.0. The van der Waals surface area contributed by atoms with Crippen LogP contribution in [0, 0.1) is 6.92 Å². The Labute approximate surface area is 133 Å². The Bertz CT molecular complexity index is 667. The van der Waals surface area contributed by atoms with Crippen molar-refractivity contribution in [2.45, 2.75) is 26.7 Å². The number of likely N-dealkylation sites (N-methyl/N-ethyl adjacent to an activating group) is 1. The van der Waals surface area contributed by atoms with Crippen molar-refractivity contribution >= 4 is 28.9 Å². The molecule has 5 nitrogen and oxygen atoms in total. The van der Waals surface area contributed by atoms with Crippen molar-refractivity contribution in [3.63, 3.8) is 0 Å². The predicted molar refractivity (Wildman–Crippen MR) is 86.4 cm³/mol. The molecule has 0 saturated carbocycles. The first-order valence-electron chi connectivity index (χ1n) is 7.03. The maximum absolute atomic E-state index is 12.5. The number of aliphatic carboxylic acids is 1. The number of amides is 1. The summed E-state index contributed by atoms with van der Waals surface area (Å²) in [6.07, 6.45) is 0.141. The lowest BCUT2D eigenvalue weighted by atomic mass is 10.2. The number of hydrogen-bond donors (Lipinski definition) is 1. The molecule has 0 aliphatic rings. The summed E-state index contributed by atoms with van der Waals surface area (Å²) in [5, 5.41) is 9.52. The van der Waals surface area contributed by atoms with Crippen molar-refractivity contribution in [3.8, 4) is 0 Å². The Morgan fingerprint density at radius 1 is 1.23 bits per heavy atom. The van der Waals surface area contributed by atoms with E-state index in [9.17, 15) is 9.59 Å². The number of benzene rings is 1. The van der Waals surface area contributed by atoms with E-state index in [0.29, 0.717) is 22.1 Å². The highest BCUT2D eigenvalue weighted by Crippen LogP contribution is 2.21. The zero-order chi connectivity index (χ0) is 16.1. The SMILES string of the molecule is CCN(C(=O)Cc1nc(C)c(CC(=O)O)s1)c1ccccc1. The molecule has 0 radical (unpaired) electrons. The van der Waals surface area contributed by atoms with Gasteiger partial charge in [-0.05, 0) is 26.0 Å². The van der Waals surface area contributed by atoms with E-state index in [-0.39, 0.29) is 18.7 Å². The molecule has 0 saturated heterocycles. The van der Waals surface area contributed by atoms with E-state index in [1.54, 1.807) is 11.8 Å². The number of carboxylic acids is 1. The van der Waals surface area contributed by atoms with Crippen LogP contribution in [-0.2, 0) is 22.4 Å². The molecule has 1 heterocycles. The summed E-state index contributed by atoms with van der Waals surface area (Å²) in [6.45, 7) is 4.28. The Morgan fingerprint density at radius 2 is 1.91 bits per heavy atom. The minimum atomic E-state index is -0.885. The number of rotatable bonds is 6. The van der Waals surface area contributed by atoms with Crippen LogP contribution in [0.5, 0.6) is 0 Å². The van der Waals surface area contributed by atoms with E-state index in [4.69, 9.17) is 5.11 Å². The molecule has 1 aromatic heterocycles. The summed E-state index contributed by atoms with van der Waals surface area (Å²) < 4.78 is 0. The van der Waals surface area contributed by atoms with Crippen LogP contribution in [0.4, 0.5) is 5.69 Å². The number of anilines is 1. The van der Waals surface area contributed by atoms with E-state index >= 15 is 0 Å². The number of nitrogens with zero attached hydrogens (tertiary/aromatic N) is 2. The third-order valence-corrected chi connectivity index (χ3v) is 4.39. The molecule has 1 N–H and O–H groups in total. The highest BCUT2D eigenvalue weighted by molar-refractivity contribution is 7.12. The summed E-state index contributed by atoms with van der Waals surface area (Å²) in [7, 11) is 0. The van der Waals surface area contributed by atoms with Gasteiger partial charge in [0.2, 0.25) is 5.91 Å². The topological polar surface area (TPSA) is 70.5 Å². The Morgan fingerprint density at radius 3 is 2.50 bits per heavy atom. The van der Waals surface area contributed by atoms with Gasteiger partial charge in [0.15, 0.2) is 0 Å². The number of para-hydroxylation sites is 1. The van der Waals surface area contributed by atoms with Crippen molar-refractivity contribution < 1.29 is 14.7 Å². The van der Waals surface area contributed by atoms with Gasteiger partial charge in [0.1, 0.15) is 5.01 Å². The number of aryl methyl sites for hydroxylation is 1. The summed E-state index contributed by atoms with van der Waals surface area (Å²) >= 11 is 1.30. The highest BCUT2D eigenvalue weighted by Gasteiger charge is 2.18. The van der Waals surface area contributed by atoms with E-state index in [2.05, 4.69) is 4.98 Å². The largest absolute Gasteiger partial charge is 0.481 e. The average Bonchev–Trinajstić information content (AvgIpc) is 2.80. The molecule has 0 aliphatic carbocycles. The lowest BCUT2D eigenvalue weighted by Crippen LogP contribution is -2.31. The van der Waals surface area contributed by atoms with Gasteiger partial charge in [0, 0.05) is 17.1 Å². The van der Waals surface area contributed by atoms with Gasteiger partial charge in [-0.2, -0.15) is 0 Å². The fourth-order valence-corrected chi connectivity index (χ4v) is 3.25. The highest BCUT2D eigenvalue weighted by atomic mass is 32.1. The zero-order valence-electron chi connectivity index (χ0n) is 12.6. The molecule has 2 rings (SSSR count). The lowest BCUT2D eigenvalue weighted by Gasteiger charge is -2.20. The van der Waals surface area contributed by atoms with Crippen molar-refractivity contribution in [1.29, 1.82) is 0 Å². The van der Waals surface area contributed by atoms with E-state index in [0.717, 1.165) is 5.69 Å². The number of carbonyl (C=O) groups excluding carboxylic acids is 1. The Hall–Kier alpha value is -2.21. The number of carboxylic acid groups (broad SMARTS) is 1. The first-order chi connectivity index (χ1) is 10.5. The van der Waals surface area contributed by atoms with Crippen LogP contribution >= 0.6 is 11.3 Å². The molecule has 1 aromatic carbocycles. The van der Waals surface area contributed by atoms with Crippen molar-refractivity contribution in [2.24, 2.45) is 0 Å². The fraction of sp³-hybridized carbons (Fsp3) is 0.312. The molecule has 0 aliphatic heterocycles. The van der Waals surface area contributed by atoms with Crippen LogP contribution in [0.1, 0.15) is 22.5 Å². The maximum Gasteiger partial charge on any atom is 0.308 e. The minimum Gasteiger partial charge on any atom is -0.481 e. The molecule has 2 aromatic rings. The molecule has 0 unspecified atom stereocenters. The van der Waals surface area contributed by atoms with Gasteiger partial charge in [0.05, 0.1) is 18.5 Å². The van der Waals surface area contributed by atoms with Crippen LogP contribution in [0.25, 0.3) is 0 Å². The first kappa shape index (κ1) is 16.2. The predicted octanol–water partition coefficient (Wildman–Crippen LogP) is 2.67. The van der Waals surface area contributed by atoms with Crippen molar-refractivity contribution in [3.05, 3.63) is 45.9 Å². The minimum absolute atomic E-state index is 0.0377. The van der Waals surface area contributed by atoms with E-state index in [1.165, 1.54) is 11.3 Å². The molecule has 0 atom stereocenters. The third kappa shape index (κ3) is 3.92. The summed E-state index contributed by atoms with van der Waals surface area (Å²) in [6, 6.07) is 9.48. The van der Waals surface area contributed by atoms with E-state index < -0.39 is 5.97 Å². The average molecular weight is 318 g/mol. The second-order valence-electron chi connectivity index (χ2n) is 4.84. The van der Waals surface area contributed by atoms with Crippen molar-refractivity contribution in [2.75, 3.05) is 11.4 Å². The smallest absolute Gasteiger partial charge is 0.308 e. The number of thiazole rings is 1. The van der Waals surface area contributed by atoms with Gasteiger partial charge < -0.3 is 10.0 Å². The molecule has 0 fully saturated rings. The fourth-order valence-electron chi connectivity index (χ4n) is 2.20. The summed E-state index contributed by atoms with van der Waals surface area (Å²) in [5.74, 6) is -0.923. The molecular formula is C16H18N2O3S. The normalized spacial score (nSPS) is 10.5. The molecule has 1 amide bonds. The Kier molecular flexibility index (Phi) is 5.27. The zero-order valence-corrected chi connectivity index (χ0v) is 13.4. The lowest BCUT2D eigenvalue weighted by molar-refractivity contribution is -0.136. The number of aromatic nitrogens is 1. The van der Waals surface area contributed by atoms with Crippen LogP contribution in [0.15, 0.2) is 30.3 Å². The van der Waals surface area contributed by atoms with Gasteiger partial charge in [-0.25, -0.2) is 4.98 Å². The number of carbonyl (C=O) groups is 2. The maximum atomic E-state index is 12.5. The monoisotopic (exact) mass is 318 g/mol. The van der Waals surface area contributed by atoms with Crippen LogP contribution < -0.4 is 4.90 Å². The molecular weight excluding hydrogens is 300 g/mol. The van der Waals surface area contributed by atoms with Gasteiger partial charge in [-0.3, -0.25) is 9.59 Å². The molecule has 0 spiro atoms. The quantitative estimate of drug-likeness (QED) is 0.889. The molecule has 22 heavy (non-hydrogen) atoms. The third-order valence-electron chi connectivity index (χ3n) is 3.24. The standard InChI is InChI=1S/C16H18N2O3S/c1-3-18(12-7-5-4-6-8-12)15(19)10-14-17-11(2)13(22-14)9-16(20)21/h4-8H,3,9-10H2,1-2H3,(H,20,21). The van der Waals surface area contributed by atoms with Crippen LogP contribution in [0.2, 0.25) is 0 Å². The second-order valence-corrected chi connectivity index (χ2v) is 6.01. The molecule has 0 bridgehead atoms. The number of hydrogen-bond acceptors (Lipinski definition) is 4.